The Labute approximate surface area is 168 Å². The van der Waals surface area contributed by atoms with Crippen molar-refractivity contribution < 1.29 is 34.2 Å². The van der Waals surface area contributed by atoms with Crippen LogP contribution in [0.4, 0.5) is 0 Å². The molecule has 29 heavy (non-hydrogen) atoms. The molecule has 0 spiro atoms. The van der Waals surface area contributed by atoms with Crippen LogP contribution in [0.25, 0.3) is 0 Å². The summed E-state index contributed by atoms with van der Waals surface area (Å²) in [5.74, 6) is -5.18. The maximum absolute atomic E-state index is 12.7. The minimum absolute atomic E-state index is 0.159. The van der Waals surface area contributed by atoms with Crippen LogP contribution in [-0.2, 0) is 30.4 Å². The normalized spacial score (nSPS) is 13.6. The minimum Gasteiger partial charge on any atom is -0.481 e. The third kappa shape index (κ3) is 8.54. The first kappa shape index (κ1) is 23.8. The zero-order valence-electron chi connectivity index (χ0n) is 16.4. The lowest BCUT2D eigenvalue weighted by Gasteiger charge is -2.21. The number of nitrogens with one attached hydrogen (secondary N) is 2. The molecule has 0 heterocycles. The fourth-order valence-corrected chi connectivity index (χ4v) is 2.66. The number of rotatable bonds is 12. The fourth-order valence-electron chi connectivity index (χ4n) is 2.66. The number of ketones is 1. The minimum atomic E-state index is -1.61. The molecule has 0 aliphatic heterocycles. The number of carboxylic acids is 2. The lowest BCUT2D eigenvalue weighted by Crippen LogP contribution is -2.46. The van der Waals surface area contributed by atoms with Crippen molar-refractivity contribution in [3.63, 3.8) is 0 Å². The molecule has 0 aromatic heterocycles. The maximum atomic E-state index is 12.7. The van der Waals surface area contributed by atoms with Gasteiger partial charge in [-0.3, -0.25) is 19.2 Å². The van der Waals surface area contributed by atoms with Gasteiger partial charge in [-0.1, -0.05) is 37.3 Å². The number of hydrogen-bond acceptors (Lipinski definition) is 5. The number of carboxylic acid groups (broad SMARTS) is 2. The molecule has 1 rings (SSSR count). The van der Waals surface area contributed by atoms with Gasteiger partial charge in [-0.05, 0) is 18.9 Å². The van der Waals surface area contributed by atoms with Gasteiger partial charge in [0.1, 0.15) is 6.04 Å². The van der Waals surface area contributed by atoms with Crippen LogP contribution in [0.15, 0.2) is 30.3 Å². The molecule has 0 fully saturated rings. The van der Waals surface area contributed by atoms with E-state index in [0.29, 0.717) is 0 Å². The molecule has 1 unspecified atom stereocenters. The molecule has 0 aliphatic rings. The van der Waals surface area contributed by atoms with Crippen LogP contribution in [0.5, 0.6) is 0 Å². The predicted octanol–water partition coefficient (Wildman–Crippen LogP) is 0.763. The summed E-state index contributed by atoms with van der Waals surface area (Å²) in [6.45, 7) is 3.16. The van der Waals surface area contributed by atoms with Gasteiger partial charge in [-0.2, -0.15) is 0 Å². The van der Waals surface area contributed by atoms with Crippen LogP contribution in [0, 0.1) is 5.92 Å². The van der Waals surface area contributed by atoms with Gasteiger partial charge in [-0.15, -0.1) is 0 Å². The molecule has 1 aromatic rings. The Morgan fingerprint density at radius 1 is 0.966 bits per heavy atom. The molecule has 158 valence electrons. The van der Waals surface area contributed by atoms with E-state index in [1.165, 1.54) is 6.92 Å². The largest absolute Gasteiger partial charge is 0.481 e. The van der Waals surface area contributed by atoms with Gasteiger partial charge >= 0.3 is 11.9 Å². The Kier molecular flexibility index (Phi) is 9.50. The van der Waals surface area contributed by atoms with Crippen molar-refractivity contribution in [1.29, 1.82) is 0 Å². The second-order valence-corrected chi connectivity index (χ2v) is 6.70. The molecule has 0 bridgehead atoms. The molecule has 0 saturated heterocycles. The molecule has 1 aromatic carbocycles. The Balaban J connectivity index is 2.96. The molecule has 9 nitrogen and oxygen atoms in total. The molecular weight excluding hydrogens is 380 g/mol. The molecule has 0 radical (unpaired) electrons. The van der Waals surface area contributed by atoms with E-state index >= 15 is 0 Å². The number of carbonyl (C=O) groups is 5. The van der Waals surface area contributed by atoms with E-state index in [0.717, 1.165) is 5.56 Å². The summed E-state index contributed by atoms with van der Waals surface area (Å²) in [7, 11) is 0. The zero-order valence-corrected chi connectivity index (χ0v) is 16.4. The van der Waals surface area contributed by atoms with E-state index in [1.807, 2.05) is 0 Å². The van der Waals surface area contributed by atoms with E-state index < -0.39 is 42.3 Å². The van der Waals surface area contributed by atoms with Crippen molar-refractivity contribution in [2.24, 2.45) is 5.92 Å². The SMILES string of the molecule is CCC(=O)N[C@@H](C)C(=O)CC(Cc1ccccc1)C(=O)N[C@@H](CC(=O)O)C(=O)O. The highest BCUT2D eigenvalue weighted by Crippen LogP contribution is 2.15. The van der Waals surface area contributed by atoms with E-state index in [2.05, 4.69) is 10.6 Å². The quantitative estimate of drug-likeness (QED) is 0.400. The summed E-state index contributed by atoms with van der Waals surface area (Å²) in [6.07, 6.45) is -0.644. The summed E-state index contributed by atoms with van der Waals surface area (Å²) >= 11 is 0. The van der Waals surface area contributed by atoms with Crippen LogP contribution in [0.2, 0.25) is 0 Å². The van der Waals surface area contributed by atoms with Gasteiger partial charge in [0.25, 0.3) is 0 Å². The summed E-state index contributed by atoms with van der Waals surface area (Å²) in [4.78, 5) is 58.8. The van der Waals surface area contributed by atoms with Gasteiger partial charge in [0.2, 0.25) is 11.8 Å². The highest BCUT2D eigenvalue weighted by atomic mass is 16.4. The van der Waals surface area contributed by atoms with E-state index in [4.69, 9.17) is 10.2 Å². The molecule has 4 N–H and O–H groups in total. The number of Topliss-reactive ketones (excluding diaryl/α,β-unsaturated/α-hetero) is 1. The van der Waals surface area contributed by atoms with Gasteiger partial charge in [0, 0.05) is 18.8 Å². The van der Waals surface area contributed by atoms with Crippen LogP contribution in [-0.4, -0.2) is 51.8 Å². The molecule has 9 heteroatoms. The van der Waals surface area contributed by atoms with Crippen LogP contribution < -0.4 is 10.6 Å². The highest BCUT2D eigenvalue weighted by Gasteiger charge is 2.30. The van der Waals surface area contributed by atoms with Crippen LogP contribution in [0.1, 0.15) is 38.7 Å². The fraction of sp³-hybridized carbons (Fsp3) is 0.450. The number of carbonyl (C=O) groups excluding carboxylic acids is 3. The van der Waals surface area contributed by atoms with Crippen molar-refractivity contribution >= 4 is 29.5 Å². The number of aliphatic carboxylic acids is 2. The third-order valence-corrected chi connectivity index (χ3v) is 4.32. The standard InChI is InChI=1S/C20H26N2O7/c1-3-17(24)21-12(2)16(23)10-14(9-13-7-5-4-6-8-13)19(27)22-15(20(28)29)11-18(25)26/h4-8,12,14-15H,3,9-11H2,1-2H3,(H,21,24)(H,22,27)(H,25,26)(H,28,29)/t12-,14?,15-/m0/s1. The monoisotopic (exact) mass is 406 g/mol. The third-order valence-electron chi connectivity index (χ3n) is 4.32. The number of benzene rings is 1. The van der Waals surface area contributed by atoms with Gasteiger partial charge < -0.3 is 20.8 Å². The lowest BCUT2D eigenvalue weighted by atomic mass is 9.91. The Morgan fingerprint density at radius 3 is 2.10 bits per heavy atom. The summed E-state index contributed by atoms with van der Waals surface area (Å²) < 4.78 is 0. The van der Waals surface area contributed by atoms with Crippen molar-refractivity contribution in [2.75, 3.05) is 0 Å². The van der Waals surface area contributed by atoms with Crippen molar-refractivity contribution in [1.82, 2.24) is 10.6 Å². The average molecular weight is 406 g/mol. The molecule has 3 atom stereocenters. The van der Waals surface area contributed by atoms with Crippen molar-refractivity contribution in [2.45, 2.75) is 51.6 Å². The van der Waals surface area contributed by atoms with Gasteiger partial charge in [0.15, 0.2) is 5.78 Å². The first-order valence-corrected chi connectivity index (χ1v) is 9.25. The lowest BCUT2D eigenvalue weighted by molar-refractivity contribution is -0.147. The topological polar surface area (TPSA) is 150 Å². The number of amides is 2. The van der Waals surface area contributed by atoms with E-state index in [1.54, 1.807) is 37.3 Å². The zero-order chi connectivity index (χ0) is 22.0. The first-order valence-electron chi connectivity index (χ1n) is 9.25. The molecule has 0 aliphatic carbocycles. The highest BCUT2D eigenvalue weighted by molar-refractivity contribution is 5.93. The average Bonchev–Trinajstić information content (AvgIpc) is 2.66. The Hall–Kier alpha value is -3.23. The van der Waals surface area contributed by atoms with Crippen molar-refractivity contribution in [3.05, 3.63) is 35.9 Å². The van der Waals surface area contributed by atoms with Crippen LogP contribution in [0.3, 0.4) is 0 Å². The Morgan fingerprint density at radius 2 is 1.59 bits per heavy atom. The number of hydrogen-bond donors (Lipinski definition) is 4. The maximum Gasteiger partial charge on any atom is 0.326 e. The second kappa shape index (κ2) is 11.6. The van der Waals surface area contributed by atoms with Crippen LogP contribution >= 0.6 is 0 Å². The second-order valence-electron chi connectivity index (χ2n) is 6.70. The molecule has 2 amide bonds. The van der Waals surface area contributed by atoms with Crippen molar-refractivity contribution in [3.8, 4) is 0 Å². The summed E-state index contributed by atoms with van der Waals surface area (Å²) in [6, 6.07) is 6.44. The predicted molar refractivity (Wildman–Crippen MR) is 103 cm³/mol. The van der Waals surface area contributed by atoms with E-state index in [9.17, 15) is 24.0 Å². The van der Waals surface area contributed by atoms with Gasteiger partial charge in [-0.25, -0.2) is 4.79 Å². The summed E-state index contributed by atoms with van der Waals surface area (Å²) in [5.41, 5.74) is 0.760. The Bertz CT molecular complexity index is 748. The summed E-state index contributed by atoms with van der Waals surface area (Å²) in [5, 5.41) is 22.7. The first-order chi connectivity index (χ1) is 13.6. The smallest absolute Gasteiger partial charge is 0.326 e. The van der Waals surface area contributed by atoms with E-state index in [-0.39, 0.29) is 31.0 Å². The molecule has 0 saturated carbocycles. The van der Waals surface area contributed by atoms with Gasteiger partial charge in [0.05, 0.1) is 12.5 Å². The molecular formula is C20H26N2O7.